The van der Waals surface area contributed by atoms with Gasteiger partial charge in [-0.3, -0.25) is 4.79 Å². The molecule has 28 heavy (non-hydrogen) atoms. The highest BCUT2D eigenvalue weighted by Crippen LogP contribution is 2.27. The first-order valence-corrected chi connectivity index (χ1v) is 9.19. The highest BCUT2D eigenvalue weighted by Gasteiger charge is 2.17. The number of aromatic nitrogens is 2. The molecule has 0 saturated carbocycles. The summed E-state index contributed by atoms with van der Waals surface area (Å²) >= 11 is 5.90. The molecular weight excluding hydrogens is 385 g/mol. The van der Waals surface area contributed by atoms with Gasteiger partial charge in [-0.25, -0.2) is 14.4 Å². The molecule has 3 aromatic rings. The van der Waals surface area contributed by atoms with Gasteiger partial charge < -0.3 is 14.8 Å². The van der Waals surface area contributed by atoms with E-state index in [1.807, 2.05) is 12.1 Å². The molecule has 0 aliphatic carbocycles. The van der Waals surface area contributed by atoms with Crippen LogP contribution >= 0.6 is 11.6 Å². The number of pyridine rings is 2. The van der Waals surface area contributed by atoms with Gasteiger partial charge in [-0.15, -0.1) is 0 Å². The van der Waals surface area contributed by atoms with Gasteiger partial charge in [0.2, 0.25) is 5.88 Å². The standard InChI is InChI=1S/C20H17ClFN3O3/c21-17-8-14(22)9-24-18(17)19(26)25-15-1-2-16-13(7-15)3-5-23-20(16)28-11-12-4-6-27-10-12/h1-3,5,7-9,12H,4,6,10-11H2,(H,25,26). The monoisotopic (exact) mass is 401 g/mol. The largest absolute Gasteiger partial charge is 0.477 e. The fraction of sp³-hybridized carbons (Fsp3) is 0.250. The summed E-state index contributed by atoms with van der Waals surface area (Å²) in [6.45, 7) is 2.03. The SMILES string of the molecule is O=C(Nc1ccc2c(OCC3CCOC3)nccc2c1)c1ncc(F)cc1Cl. The smallest absolute Gasteiger partial charge is 0.275 e. The number of ether oxygens (including phenoxy) is 2. The van der Waals surface area contributed by atoms with Crippen LogP contribution in [0.2, 0.25) is 5.02 Å². The van der Waals surface area contributed by atoms with Crippen LogP contribution in [0, 0.1) is 11.7 Å². The van der Waals surface area contributed by atoms with Crippen LogP contribution in [0.5, 0.6) is 5.88 Å². The highest BCUT2D eigenvalue weighted by atomic mass is 35.5. The summed E-state index contributed by atoms with van der Waals surface area (Å²) in [5, 5.41) is 4.38. The zero-order valence-corrected chi connectivity index (χ0v) is 15.6. The number of amides is 1. The zero-order valence-electron chi connectivity index (χ0n) is 14.8. The Labute approximate surface area is 165 Å². The molecule has 144 valence electrons. The number of nitrogens with zero attached hydrogens (tertiary/aromatic N) is 2. The first kappa shape index (κ1) is 18.6. The molecule has 1 N–H and O–H groups in total. The molecule has 1 aliphatic heterocycles. The summed E-state index contributed by atoms with van der Waals surface area (Å²) in [6.07, 6.45) is 3.60. The number of nitrogens with one attached hydrogen (secondary N) is 1. The van der Waals surface area contributed by atoms with E-state index in [0.717, 1.165) is 36.1 Å². The van der Waals surface area contributed by atoms with Gasteiger partial charge in [0.15, 0.2) is 0 Å². The molecule has 1 aliphatic rings. The molecule has 2 aromatic heterocycles. The van der Waals surface area contributed by atoms with Crippen molar-refractivity contribution in [1.82, 2.24) is 9.97 Å². The Bertz CT molecular complexity index is 1020. The summed E-state index contributed by atoms with van der Waals surface area (Å²) in [5.74, 6) is -0.193. The minimum absolute atomic E-state index is 0.0410. The van der Waals surface area contributed by atoms with Gasteiger partial charge in [-0.1, -0.05) is 11.6 Å². The third-order valence-corrected chi connectivity index (χ3v) is 4.78. The lowest BCUT2D eigenvalue weighted by molar-refractivity contribution is 0.102. The number of hydrogen-bond donors (Lipinski definition) is 1. The van der Waals surface area contributed by atoms with Crippen LogP contribution in [-0.4, -0.2) is 35.7 Å². The maximum absolute atomic E-state index is 13.1. The van der Waals surface area contributed by atoms with E-state index in [4.69, 9.17) is 21.1 Å². The maximum Gasteiger partial charge on any atom is 0.275 e. The van der Waals surface area contributed by atoms with Crippen molar-refractivity contribution in [2.45, 2.75) is 6.42 Å². The molecule has 1 atom stereocenters. The van der Waals surface area contributed by atoms with Crippen LogP contribution in [0.4, 0.5) is 10.1 Å². The van der Waals surface area contributed by atoms with Crippen molar-refractivity contribution < 1.29 is 18.7 Å². The number of rotatable bonds is 5. The Balaban J connectivity index is 1.52. The summed E-state index contributed by atoms with van der Waals surface area (Å²) in [6, 6.07) is 8.26. The number of anilines is 1. The van der Waals surface area contributed by atoms with E-state index in [1.54, 1.807) is 18.3 Å². The van der Waals surface area contributed by atoms with E-state index in [-0.39, 0.29) is 10.7 Å². The van der Waals surface area contributed by atoms with Crippen molar-refractivity contribution in [2.24, 2.45) is 5.92 Å². The molecule has 1 saturated heterocycles. The molecule has 1 amide bonds. The number of benzene rings is 1. The lowest BCUT2D eigenvalue weighted by Crippen LogP contribution is -2.14. The fourth-order valence-electron chi connectivity index (χ4n) is 3.03. The van der Waals surface area contributed by atoms with E-state index in [0.29, 0.717) is 30.7 Å². The van der Waals surface area contributed by atoms with Crippen molar-refractivity contribution >= 4 is 34.0 Å². The van der Waals surface area contributed by atoms with Gasteiger partial charge in [0.05, 0.1) is 24.4 Å². The van der Waals surface area contributed by atoms with Gasteiger partial charge in [-0.2, -0.15) is 0 Å². The molecule has 8 heteroatoms. The van der Waals surface area contributed by atoms with Crippen LogP contribution in [0.1, 0.15) is 16.9 Å². The van der Waals surface area contributed by atoms with Gasteiger partial charge in [0.25, 0.3) is 5.91 Å². The highest BCUT2D eigenvalue weighted by molar-refractivity contribution is 6.34. The molecule has 4 rings (SSSR count). The van der Waals surface area contributed by atoms with Crippen LogP contribution in [0.25, 0.3) is 10.8 Å². The second-order valence-electron chi connectivity index (χ2n) is 6.53. The van der Waals surface area contributed by atoms with E-state index < -0.39 is 11.7 Å². The Hall–Kier alpha value is -2.77. The van der Waals surface area contributed by atoms with Gasteiger partial charge >= 0.3 is 0 Å². The predicted molar refractivity (Wildman–Crippen MR) is 103 cm³/mol. The lowest BCUT2D eigenvalue weighted by Gasteiger charge is -2.12. The summed E-state index contributed by atoms with van der Waals surface area (Å²) in [7, 11) is 0. The normalized spacial score (nSPS) is 16.3. The van der Waals surface area contributed by atoms with Crippen molar-refractivity contribution in [2.75, 3.05) is 25.1 Å². The molecule has 0 radical (unpaired) electrons. The third kappa shape index (κ3) is 4.05. The average Bonchev–Trinajstić information content (AvgIpc) is 3.19. The minimum Gasteiger partial charge on any atom is -0.477 e. The fourth-order valence-corrected chi connectivity index (χ4v) is 3.27. The summed E-state index contributed by atoms with van der Waals surface area (Å²) in [4.78, 5) is 20.4. The first-order valence-electron chi connectivity index (χ1n) is 8.82. The van der Waals surface area contributed by atoms with E-state index >= 15 is 0 Å². The molecule has 3 heterocycles. The predicted octanol–water partition coefficient (Wildman–Crippen LogP) is 4.09. The van der Waals surface area contributed by atoms with E-state index in [2.05, 4.69) is 15.3 Å². The Morgan fingerprint density at radius 2 is 2.21 bits per heavy atom. The Morgan fingerprint density at radius 3 is 3.00 bits per heavy atom. The molecule has 1 aromatic carbocycles. The number of halogens is 2. The second-order valence-corrected chi connectivity index (χ2v) is 6.94. The molecule has 0 spiro atoms. The van der Waals surface area contributed by atoms with Crippen LogP contribution < -0.4 is 10.1 Å². The lowest BCUT2D eigenvalue weighted by atomic mass is 10.1. The van der Waals surface area contributed by atoms with Crippen molar-refractivity contribution in [3.8, 4) is 5.88 Å². The minimum atomic E-state index is -0.601. The van der Waals surface area contributed by atoms with Crippen LogP contribution in [0.15, 0.2) is 42.7 Å². The summed E-state index contributed by atoms with van der Waals surface area (Å²) < 4.78 is 24.3. The topological polar surface area (TPSA) is 73.3 Å². The van der Waals surface area contributed by atoms with Gasteiger partial charge in [-0.05, 0) is 42.1 Å². The zero-order chi connectivity index (χ0) is 19.5. The average molecular weight is 402 g/mol. The first-order chi connectivity index (χ1) is 13.6. The van der Waals surface area contributed by atoms with Gasteiger partial charge in [0.1, 0.15) is 11.5 Å². The maximum atomic E-state index is 13.1. The Morgan fingerprint density at radius 1 is 1.32 bits per heavy atom. The molecule has 1 unspecified atom stereocenters. The molecule has 0 bridgehead atoms. The van der Waals surface area contributed by atoms with Crippen molar-refractivity contribution in [3.05, 3.63) is 59.3 Å². The second kappa shape index (κ2) is 8.08. The van der Waals surface area contributed by atoms with E-state index in [1.165, 1.54) is 0 Å². The number of carbonyl (C=O) groups is 1. The third-order valence-electron chi connectivity index (χ3n) is 4.49. The van der Waals surface area contributed by atoms with Crippen molar-refractivity contribution in [1.29, 1.82) is 0 Å². The van der Waals surface area contributed by atoms with Gasteiger partial charge in [0, 0.05) is 29.8 Å². The van der Waals surface area contributed by atoms with Crippen molar-refractivity contribution in [3.63, 3.8) is 0 Å². The summed E-state index contributed by atoms with van der Waals surface area (Å²) in [5.41, 5.74) is 0.515. The number of carbonyl (C=O) groups excluding carboxylic acids is 1. The number of fused-ring (bicyclic) bond motifs is 1. The van der Waals surface area contributed by atoms with E-state index in [9.17, 15) is 9.18 Å². The number of hydrogen-bond acceptors (Lipinski definition) is 5. The molecule has 6 nitrogen and oxygen atoms in total. The van der Waals surface area contributed by atoms with Crippen LogP contribution in [-0.2, 0) is 4.74 Å². The Kier molecular flexibility index (Phi) is 5.36. The molecule has 1 fully saturated rings. The molecular formula is C20H17ClFN3O3. The van der Waals surface area contributed by atoms with Crippen LogP contribution in [0.3, 0.4) is 0 Å². The quantitative estimate of drug-likeness (QED) is 0.697.